The summed E-state index contributed by atoms with van der Waals surface area (Å²) in [5.74, 6) is 0. The molecule has 1 nitrogen and oxygen atoms in total. The molecule has 0 amide bonds. The maximum absolute atomic E-state index is 2.36. The van der Waals surface area contributed by atoms with E-state index in [9.17, 15) is 0 Å². The Morgan fingerprint density at radius 2 is 1.75 bits per heavy atom. The van der Waals surface area contributed by atoms with E-state index in [2.05, 4.69) is 58.4 Å². The fraction of sp³-hybridized carbons (Fsp3) is 0.600. The monoisotopic (exact) mass is 221 g/mol. The summed E-state index contributed by atoms with van der Waals surface area (Å²) in [6.07, 6.45) is 4.46. The third kappa shape index (κ3) is 3.01. The van der Waals surface area contributed by atoms with Gasteiger partial charge in [0.05, 0.1) is 0 Å². The lowest BCUT2D eigenvalue weighted by atomic mass is 10.2. The molecule has 1 aromatic rings. The highest BCUT2D eigenvalue weighted by atomic mass is 15.0. The molecule has 0 spiro atoms. The van der Waals surface area contributed by atoms with Crippen molar-refractivity contribution < 1.29 is 0 Å². The van der Waals surface area contributed by atoms with E-state index < -0.39 is 0 Å². The van der Waals surface area contributed by atoms with Crippen molar-refractivity contribution in [3.8, 4) is 0 Å². The zero-order valence-electron chi connectivity index (χ0n) is 12.2. The quantitative estimate of drug-likeness (QED) is 0.685. The van der Waals surface area contributed by atoms with Crippen molar-refractivity contribution in [3.63, 3.8) is 0 Å². The second kappa shape index (κ2) is 6.57. The van der Waals surface area contributed by atoms with Crippen LogP contribution in [0, 0.1) is 6.92 Å². The first-order valence-corrected chi connectivity index (χ1v) is 6.30. The maximum atomic E-state index is 2.36. The summed E-state index contributed by atoms with van der Waals surface area (Å²) in [6, 6.07) is 0.535. The Hall–Kier alpha value is -0.980. The van der Waals surface area contributed by atoms with Crippen LogP contribution in [0.2, 0.25) is 0 Å². The highest BCUT2D eigenvalue weighted by molar-refractivity contribution is 5.41. The standard InChI is InChI=1S/C13H21N.C2H6/c1-7-12-11(6)8-14(10(4)5)13(12)9(2)3;1-2/h7-8,10H,1-6H3;1-2H3/b12-7-;. The van der Waals surface area contributed by atoms with Crippen LogP contribution in [0.5, 0.6) is 0 Å². The Bertz CT molecular complexity index is 429. The van der Waals surface area contributed by atoms with Crippen molar-refractivity contribution in [1.82, 2.24) is 4.57 Å². The summed E-state index contributed by atoms with van der Waals surface area (Å²) in [5.41, 5.74) is 2.76. The fourth-order valence-electron chi connectivity index (χ4n) is 1.97. The van der Waals surface area contributed by atoms with Gasteiger partial charge in [-0.05, 0) is 52.3 Å². The molecule has 92 valence electrons. The third-order valence-electron chi connectivity index (χ3n) is 2.59. The van der Waals surface area contributed by atoms with Gasteiger partial charge in [0.25, 0.3) is 0 Å². The van der Waals surface area contributed by atoms with E-state index >= 15 is 0 Å². The molecule has 0 saturated heterocycles. The van der Waals surface area contributed by atoms with Gasteiger partial charge in [0.15, 0.2) is 0 Å². The second-order valence-corrected chi connectivity index (χ2v) is 4.36. The summed E-state index contributed by atoms with van der Waals surface area (Å²) in [4.78, 5) is 0. The lowest BCUT2D eigenvalue weighted by Crippen LogP contribution is -2.32. The van der Waals surface area contributed by atoms with Crippen LogP contribution in [0.4, 0.5) is 0 Å². The molecule has 1 rings (SSSR count). The van der Waals surface area contributed by atoms with Crippen molar-refractivity contribution in [2.75, 3.05) is 0 Å². The molecule has 0 aliphatic carbocycles. The smallest absolute Gasteiger partial charge is 0.0468 e. The number of aromatic nitrogens is 1. The van der Waals surface area contributed by atoms with Crippen molar-refractivity contribution >= 4 is 11.6 Å². The average Bonchev–Trinajstić information content (AvgIpc) is 2.58. The Kier molecular flexibility index (Phi) is 6.17. The molecule has 16 heavy (non-hydrogen) atoms. The van der Waals surface area contributed by atoms with Crippen LogP contribution in [0.15, 0.2) is 6.20 Å². The zero-order valence-corrected chi connectivity index (χ0v) is 12.2. The van der Waals surface area contributed by atoms with Crippen LogP contribution in [-0.2, 0) is 0 Å². The predicted octanol–water partition coefficient (Wildman–Crippen LogP) is 3.39. The van der Waals surface area contributed by atoms with Crippen molar-refractivity contribution in [1.29, 1.82) is 0 Å². The van der Waals surface area contributed by atoms with E-state index in [1.807, 2.05) is 13.8 Å². The molecule has 0 unspecified atom stereocenters. The minimum Gasteiger partial charge on any atom is -0.345 e. The molecule has 0 aromatic carbocycles. The van der Waals surface area contributed by atoms with Crippen LogP contribution in [-0.4, -0.2) is 4.57 Å². The van der Waals surface area contributed by atoms with Crippen molar-refractivity contribution in [2.45, 2.75) is 61.4 Å². The molecule has 0 fully saturated rings. The Labute approximate surface area is 100 Å². The molecule has 0 aliphatic rings. The SMILES string of the molecule is C/C=c1/c(C)cn(C(C)C)c1=C(C)C.CC. The van der Waals surface area contributed by atoms with Crippen LogP contribution in [0.1, 0.15) is 60.1 Å². The van der Waals surface area contributed by atoms with Gasteiger partial charge in [-0.15, -0.1) is 0 Å². The van der Waals surface area contributed by atoms with Crippen LogP contribution < -0.4 is 10.6 Å². The lowest BCUT2D eigenvalue weighted by molar-refractivity contribution is 0.586. The van der Waals surface area contributed by atoms with Gasteiger partial charge in [0.1, 0.15) is 0 Å². The molecule has 0 radical (unpaired) electrons. The van der Waals surface area contributed by atoms with Gasteiger partial charge in [-0.25, -0.2) is 0 Å². The Morgan fingerprint density at radius 1 is 1.25 bits per heavy atom. The normalized spacial score (nSPS) is 11.4. The third-order valence-corrected chi connectivity index (χ3v) is 2.59. The molecule has 0 atom stereocenters. The van der Waals surface area contributed by atoms with E-state index in [-0.39, 0.29) is 0 Å². The molecule has 1 heterocycles. The van der Waals surface area contributed by atoms with Gasteiger partial charge in [-0.1, -0.05) is 25.5 Å². The van der Waals surface area contributed by atoms with Gasteiger partial charge in [-0.2, -0.15) is 0 Å². The van der Waals surface area contributed by atoms with Gasteiger partial charge in [0, 0.05) is 17.6 Å². The van der Waals surface area contributed by atoms with Crippen molar-refractivity contribution in [2.24, 2.45) is 0 Å². The number of rotatable bonds is 1. The van der Waals surface area contributed by atoms with Gasteiger partial charge in [0.2, 0.25) is 0 Å². The topological polar surface area (TPSA) is 4.93 Å². The first-order valence-electron chi connectivity index (χ1n) is 6.30. The van der Waals surface area contributed by atoms with Crippen LogP contribution >= 0.6 is 0 Å². The molecule has 1 aromatic heterocycles. The maximum Gasteiger partial charge on any atom is 0.0468 e. The highest BCUT2D eigenvalue weighted by Gasteiger charge is 2.04. The second-order valence-electron chi connectivity index (χ2n) is 4.36. The summed E-state index contributed by atoms with van der Waals surface area (Å²) < 4.78 is 2.36. The first-order chi connectivity index (χ1) is 7.49. The number of aryl methyl sites for hydroxylation is 1. The number of hydrogen-bond donors (Lipinski definition) is 0. The summed E-state index contributed by atoms with van der Waals surface area (Å²) in [6.45, 7) is 17.1. The molecular weight excluding hydrogens is 194 g/mol. The fourth-order valence-corrected chi connectivity index (χ4v) is 1.97. The van der Waals surface area contributed by atoms with Gasteiger partial charge in [-0.3, -0.25) is 0 Å². The molecule has 0 bridgehead atoms. The Morgan fingerprint density at radius 3 is 2.06 bits per heavy atom. The summed E-state index contributed by atoms with van der Waals surface area (Å²) in [7, 11) is 0. The minimum atomic E-state index is 0.535. The van der Waals surface area contributed by atoms with Crippen molar-refractivity contribution in [3.05, 3.63) is 22.3 Å². The lowest BCUT2D eigenvalue weighted by Gasteiger charge is -2.08. The highest BCUT2D eigenvalue weighted by Crippen LogP contribution is 2.01. The summed E-state index contributed by atoms with van der Waals surface area (Å²) >= 11 is 0. The first kappa shape index (κ1) is 15.0. The Balaban J connectivity index is 0.00000106. The van der Waals surface area contributed by atoms with E-state index in [1.54, 1.807) is 0 Å². The van der Waals surface area contributed by atoms with E-state index in [0.29, 0.717) is 6.04 Å². The zero-order chi connectivity index (χ0) is 12.9. The molecular formula is C15H27N. The van der Waals surface area contributed by atoms with Crippen LogP contribution in [0.3, 0.4) is 0 Å². The van der Waals surface area contributed by atoms with Crippen LogP contribution in [0.25, 0.3) is 11.6 Å². The van der Waals surface area contributed by atoms with E-state index in [0.717, 1.165) is 0 Å². The predicted molar refractivity (Wildman–Crippen MR) is 75.0 cm³/mol. The molecule has 0 saturated carbocycles. The van der Waals surface area contributed by atoms with Gasteiger partial charge >= 0.3 is 0 Å². The summed E-state index contributed by atoms with van der Waals surface area (Å²) in [5, 5.41) is 2.78. The number of hydrogen-bond acceptors (Lipinski definition) is 0. The van der Waals surface area contributed by atoms with Gasteiger partial charge < -0.3 is 4.57 Å². The molecule has 1 heteroatoms. The average molecular weight is 221 g/mol. The largest absolute Gasteiger partial charge is 0.345 e. The minimum absolute atomic E-state index is 0.535. The van der Waals surface area contributed by atoms with E-state index in [1.165, 1.54) is 21.7 Å². The number of nitrogens with zero attached hydrogens (tertiary/aromatic N) is 1. The molecule has 0 N–H and O–H groups in total. The molecule has 0 aliphatic heterocycles. The van der Waals surface area contributed by atoms with E-state index in [4.69, 9.17) is 0 Å².